The highest BCUT2D eigenvalue weighted by atomic mass is 16.1. The van der Waals surface area contributed by atoms with E-state index in [2.05, 4.69) is 26.0 Å². The van der Waals surface area contributed by atoms with Crippen molar-refractivity contribution < 1.29 is 4.79 Å². The van der Waals surface area contributed by atoms with E-state index in [-0.39, 0.29) is 11.6 Å². The number of fused-ring (bicyclic) bond motifs is 1. The van der Waals surface area contributed by atoms with Crippen molar-refractivity contribution in [2.45, 2.75) is 50.2 Å². The van der Waals surface area contributed by atoms with E-state index >= 15 is 0 Å². The highest BCUT2D eigenvalue weighted by molar-refractivity contribution is 5.81. The first kappa shape index (κ1) is 15.8. The molecule has 0 spiro atoms. The van der Waals surface area contributed by atoms with Crippen LogP contribution in [0.5, 0.6) is 0 Å². The number of imidazole rings is 1. The van der Waals surface area contributed by atoms with Gasteiger partial charge in [-0.3, -0.25) is 4.79 Å². The average molecular weight is 335 g/mol. The Morgan fingerprint density at radius 2 is 2.12 bits per heavy atom. The second-order valence-electron chi connectivity index (χ2n) is 6.81. The number of carbonyl (C=O) groups excluding carboxylic acids is 1. The van der Waals surface area contributed by atoms with Crippen molar-refractivity contribution in [2.24, 2.45) is 10.2 Å². The van der Waals surface area contributed by atoms with Crippen molar-refractivity contribution in [2.75, 3.05) is 6.54 Å². The predicted molar refractivity (Wildman–Crippen MR) is 95.0 cm³/mol. The van der Waals surface area contributed by atoms with Crippen LogP contribution in [-0.2, 0) is 11.3 Å². The van der Waals surface area contributed by atoms with Gasteiger partial charge in [0.05, 0.1) is 11.0 Å². The van der Waals surface area contributed by atoms with Gasteiger partial charge in [0.2, 0.25) is 5.91 Å². The maximum absolute atomic E-state index is 12.4. The van der Waals surface area contributed by atoms with Gasteiger partial charge in [0.25, 0.3) is 0 Å². The molecule has 1 aromatic carbocycles. The van der Waals surface area contributed by atoms with Gasteiger partial charge >= 0.3 is 0 Å². The Hall–Kier alpha value is -2.68. The monoisotopic (exact) mass is 335 g/mol. The van der Waals surface area contributed by atoms with E-state index in [4.69, 9.17) is 11.4 Å². The summed E-state index contributed by atoms with van der Waals surface area (Å²) >= 11 is 0. The molecule has 1 amide bonds. The number of nitrogens with one attached hydrogen (secondary N) is 1. The van der Waals surface area contributed by atoms with Gasteiger partial charge in [-0.15, -0.1) is 12.3 Å². The zero-order valence-corrected chi connectivity index (χ0v) is 14.1. The van der Waals surface area contributed by atoms with Crippen molar-refractivity contribution >= 4 is 16.9 Å². The van der Waals surface area contributed by atoms with E-state index in [9.17, 15) is 4.79 Å². The van der Waals surface area contributed by atoms with E-state index in [0.717, 1.165) is 36.1 Å². The number of carbonyl (C=O) groups is 1. The molecule has 6 heteroatoms. The summed E-state index contributed by atoms with van der Waals surface area (Å²) in [5, 5.41) is 11.2. The lowest BCUT2D eigenvalue weighted by Gasteiger charge is -2.12. The van der Waals surface area contributed by atoms with Crippen LogP contribution in [0.4, 0.5) is 0 Å². The standard InChI is InChI=1S/C19H21N5O/c1-2-3-10-19(22-23-19)11-12-20-17(25)13-24-16-7-5-4-6-15(16)21-18(24)14-8-9-14/h1,4-7,14H,3,8-13H2,(H,20,25). The average Bonchev–Trinajstić information content (AvgIpc) is 3.54. The molecule has 0 unspecified atom stereocenters. The van der Waals surface area contributed by atoms with Crippen LogP contribution in [0.3, 0.4) is 0 Å². The number of benzene rings is 1. The van der Waals surface area contributed by atoms with Crippen molar-refractivity contribution in [3.05, 3.63) is 30.1 Å². The molecule has 1 saturated carbocycles. The maximum Gasteiger partial charge on any atom is 0.240 e. The van der Waals surface area contributed by atoms with Gasteiger partial charge < -0.3 is 9.88 Å². The van der Waals surface area contributed by atoms with Gasteiger partial charge in [0.15, 0.2) is 5.66 Å². The minimum Gasteiger partial charge on any atom is -0.354 e. The van der Waals surface area contributed by atoms with Crippen LogP contribution in [-0.4, -0.2) is 27.7 Å². The van der Waals surface area contributed by atoms with E-state index in [1.165, 1.54) is 0 Å². The zero-order chi connectivity index (χ0) is 17.3. The number of aromatic nitrogens is 2. The molecule has 6 nitrogen and oxygen atoms in total. The molecule has 1 aromatic heterocycles. The molecule has 0 atom stereocenters. The number of amides is 1. The first-order valence-corrected chi connectivity index (χ1v) is 8.80. The van der Waals surface area contributed by atoms with Crippen molar-refractivity contribution in [1.29, 1.82) is 0 Å². The first-order chi connectivity index (χ1) is 12.2. The second-order valence-corrected chi connectivity index (χ2v) is 6.81. The Balaban J connectivity index is 1.37. The summed E-state index contributed by atoms with van der Waals surface area (Å²) in [6.45, 7) is 0.861. The van der Waals surface area contributed by atoms with Gasteiger partial charge in [-0.1, -0.05) is 12.1 Å². The van der Waals surface area contributed by atoms with Crippen molar-refractivity contribution in [3.8, 4) is 12.3 Å². The highest BCUT2D eigenvalue weighted by Gasteiger charge is 2.38. The van der Waals surface area contributed by atoms with E-state index < -0.39 is 0 Å². The van der Waals surface area contributed by atoms with Crippen LogP contribution < -0.4 is 5.32 Å². The third-order valence-corrected chi connectivity index (χ3v) is 4.83. The van der Waals surface area contributed by atoms with Gasteiger partial charge in [-0.2, -0.15) is 10.2 Å². The largest absolute Gasteiger partial charge is 0.354 e. The zero-order valence-electron chi connectivity index (χ0n) is 14.1. The molecule has 1 N–H and O–H groups in total. The summed E-state index contributed by atoms with van der Waals surface area (Å²) in [5.74, 6) is 4.15. The molecular weight excluding hydrogens is 314 g/mol. The molecule has 2 heterocycles. The Morgan fingerprint density at radius 1 is 1.32 bits per heavy atom. The molecule has 4 rings (SSSR count). The van der Waals surface area contributed by atoms with E-state index in [1.807, 2.05) is 24.3 Å². The lowest BCUT2D eigenvalue weighted by Crippen LogP contribution is -2.31. The second kappa shape index (κ2) is 6.32. The van der Waals surface area contributed by atoms with Gasteiger partial charge in [0, 0.05) is 31.7 Å². The lowest BCUT2D eigenvalue weighted by atomic mass is 10.0. The molecule has 2 aliphatic rings. The quantitative estimate of drug-likeness (QED) is 0.753. The van der Waals surface area contributed by atoms with Crippen LogP contribution in [0.15, 0.2) is 34.5 Å². The van der Waals surface area contributed by atoms with Gasteiger partial charge in [-0.25, -0.2) is 4.98 Å². The summed E-state index contributed by atoms with van der Waals surface area (Å²) in [7, 11) is 0. The molecule has 0 saturated heterocycles. The molecule has 1 aliphatic heterocycles. The van der Waals surface area contributed by atoms with Crippen molar-refractivity contribution in [1.82, 2.24) is 14.9 Å². The molecule has 1 fully saturated rings. The Kier molecular flexibility index (Phi) is 4.00. The van der Waals surface area contributed by atoms with Crippen molar-refractivity contribution in [3.63, 3.8) is 0 Å². The van der Waals surface area contributed by atoms with Crippen LogP contribution in [0.1, 0.15) is 43.8 Å². The minimum atomic E-state index is -0.347. The number of hydrogen-bond donors (Lipinski definition) is 1. The molecule has 0 radical (unpaired) electrons. The summed E-state index contributed by atoms with van der Waals surface area (Å²) in [5.41, 5.74) is 1.64. The molecule has 25 heavy (non-hydrogen) atoms. The fourth-order valence-corrected chi connectivity index (χ4v) is 3.18. The molecule has 0 bridgehead atoms. The molecule has 2 aromatic rings. The number of terminal acetylenes is 1. The normalized spacial score (nSPS) is 17.4. The molecule has 128 valence electrons. The summed E-state index contributed by atoms with van der Waals surface area (Å²) in [6.07, 6.45) is 9.74. The Morgan fingerprint density at radius 3 is 2.84 bits per heavy atom. The maximum atomic E-state index is 12.4. The molecule has 1 aliphatic carbocycles. The van der Waals surface area contributed by atoms with Crippen LogP contribution in [0.2, 0.25) is 0 Å². The fourth-order valence-electron chi connectivity index (χ4n) is 3.18. The Labute approximate surface area is 146 Å². The van der Waals surface area contributed by atoms with Crippen LogP contribution in [0, 0.1) is 12.3 Å². The number of nitrogens with zero attached hydrogens (tertiary/aromatic N) is 4. The van der Waals surface area contributed by atoms with E-state index in [0.29, 0.717) is 31.8 Å². The Bertz CT molecular complexity index is 866. The third kappa shape index (κ3) is 3.41. The number of hydrogen-bond acceptors (Lipinski definition) is 4. The minimum absolute atomic E-state index is 0.00203. The SMILES string of the molecule is C#CCCC1(CCNC(=O)Cn2c(C3CC3)nc3ccccc32)N=N1. The van der Waals surface area contributed by atoms with Gasteiger partial charge in [-0.05, 0) is 25.0 Å². The van der Waals surface area contributed by atoms with E-state index in [1.54, 1.807) is 0 Å². The number of para-hydroxylation sites is 2. The highest BCUT2D eigenvalue weighted by Crippen LogP contribution is 2.40. The molecular formula is C19H21N5O. The van der Waals surface area contributed by atoms with Crippen LogP contribution >= 0.6 is 0 Å². The first-order valence-electron chi connectivity index (χ1n) is 8.80. The predicted octanol–water partition coefficient (Wildman–Crippen LogP) is 3.00. The van der Waals surface area contributed by atoms with Gasteiger partial charge in [0.1, 0.15) is 12.4 Å². The number of rotatable bonds is 8. The third-order valence-electron chi connectivity index (χ3n) is 4.83. The summed E-state index contributed by atoms with van der Waals surface area (Å²) < 4.78 is 2.06. The topological polar surface area (TPSA) is 71.6 Å². The fraction of sp³-hybridized carbons (Fsp3) is 0.474. The summed E-state index contributed by atoms with van der Waals surface area (Å²) in [4.78, 5) is 17.1. The lowest BCUT2D eigenvalue weighted by molar-refractivity contribution is -0.121. The van der Waals surface area contributed by atoms with Crippen LogP contribution in [0.25, 0.3) is 11.0 Å². The smallest absolute Gasteiger partial charge is 0.240 e. The summed E-state index contributed by atoms with van der Waals surface area (Å²) in [6, 6.07) is 7.99.